The second kappa shape index (κ2) is 27.2. The van der Waals surface area contributed by atoms with E-state index in [0.29, 0.717) is 5.92 Å². The molecule has 6 heterocycles. The van der Waals surface area contributed by atoms with Crippen LogP contribution in [0.2, 0.25) is 15.1 Å². The maximum atomic E-state index is 6.26. The highest BCUT2D eigenvalue weighted by Crippen LogP contribution is 2.37. The normalized spacial score (nSPS) is 16.0. The highest BCUT2D eigenvalue weighted by Gasteiger charge is 2.27. The average Bonchev–Trinajstić information content (AvgIpc) is 4.28. The maximum absolute atomic E-state index is 6.26. The molecule has 6 N–H and O–H groups in total. The van der Waals surface area contributed by atoms with E-state index >= 15 is 0 Å². The molecule has 0 radical (unpaired) electrons. The third kappa shape index (κ3) is 14.4. The van der Waals surface area contributed by atoms with Crippen LogP contribution in [0.15, 0.2) is 147 Å². The van der Waals surface area contributed by atoms with E-state index in [1.165, 1.54) is 67.2 Å². The molecule has 3 atom stereocenters. The van der Waals surface area contributed by atoms with Crippen LogP contribution in [0, 0.1) is 0 Å². The van der Waals surface area contributed by atoms with Gasteiger partial charge in [0, 0.05) is 88.2 Å². The summed E-state index contributed by atoms with van der Waals surface area (Å²) in [5.74, 6) is 0.330. The van der Waals surface area contributed by atoms with Crippen LogP contribution in [0.4, 0.5) is 0 Å². The Hall–Kier alpha value is -6.51. The van der Waals surface area contributed by atoms with Crippen molar-refractivity contribution >= 4 is 34.8 Å². The number of hydrogen-bond acceptors (Lipinski definition) is 9. The predicted molar refractivity (Wildman–Crippen MR) is 309 cm³/mol. The topological polar surface area (TPSA) is 161 Å². The molecule has 3 aliphatic carbocycles. The van der Waals surface area contributed by atoms with Crippen molar-refractivity contribution in [1.29, 1.82) is 0 Å². The van der Waals surface area contributed by atoms with E-state index in [4.69, 9.17) is 44.8 Å². The van der Waals surface area contributed by atoms with E-state index in [0.717, 1.165) is 142 Å². The van der Waals surface area contributed by atoms with Gasteiger partial charge in [-0.3, -0.25) is 15.0 Å². The van der Waals surface area contributed by atoms with Crippen LogP contribution in [0.3, 0.4) is 0 Å². The minimum absolute atomic E-state index is 0.0962. The van der Waals surface area contributed by atoms with Crippen molar-refractivity contribution in [3.05, 3.63) is 246 Å². The lowest BCUT2D eigenvalue weighted by atomic mass is 9.89. The number of halogens is 3. The SMILES string of the molecule is Clc1ccc2c(c1)CCc1cccnc1C2CCNCCCc1cnc[nH]1.Clc1ccc2c(c1)CCc1cccnc1C2NCCCCc1cnc[nH]1.Clc1ccc2c(c1)CCc1cccnc1C2NCCc1cnc[nH]1. The van der Waals surface area contributed by atoms with Crippen LogP contribution < -0.4 is 16.0 Å². The Morgan fingerprint density at radius 2 is 0.870 bits per heavy atom. The molecule has 3 aliphatic rings. The quantitative estimate of drug-likeness (QED) is 0.0488. The van der Waals surface area contributed by atoms with E-state index in [-0.39, 0.29) is 12.1 Å². The smallest absolute Gasteiger partial charge is 0.0921 e. The number of pyridine rings is 3. The molecule has 0 saturated carbocycles. The van der Waals surface area contributed by atoms with Crippen LogP contribution in [0.5, 0.6) is 0 Å². The first-order valence-electron chi connectivity index (χ1n) is 27.2. The molecule has 15 heteroatoms. The fourth-order valence-corrected chi connectivity index (χ4v) is 11.7. The minimum Gasteiger partial charge on any atom is -0.348 e. The largest absolute Gasteiger partial charge is 0.348 e. The van der Waals surface area contributed by atoms with Gasteiger partial charge in [0.2, 0.25) is 0 Å². The molecule has 77 heavy (non-hydrogen) atoms. The zero-order valence-corrected chi connectivity index (χ0v) is 45.7. The van der Waals surface area contributed by atoms with Gasteiger partial charge >= 0.3 is 0 Å². The molecule has 0 bridgehead atoms. The highest BCUT2D eigenvalue weighted by atomic mass is 35.5. The van der Waals surface area contributed by atoms with Crippen LogP contribution in [-0.4, -0.2) is 71.0 Å². The summed E-state index contributed by atoms with van der Waals surface area (Å²) in [6, 6.07) is 31.7. The molecule has 3 aromatic carbocycles. The number of nitrogens with one attached hydrogen (secondary N) is 6. The van der Waals surface area contributed by atoms with Crippen molar-refractivity contribution in [3.63, 3.8) is 0 Å². The number of unbranched alkanes of at least 4 members (excludes halogenated alkanes) is 1. The Balaban J connectivity index is 0.000000131. The second-order valence-corrected chi connectivity index (χ2v) is 21.4. The zero-order chi connectivity index (χ0) is 52.6. The van der Waals surface area contributed by atoms with Gasteiger partial charge < -0.3 is 30.9 Å². The number of aryl methyl sites for hydroxylation is 8. The molecule has 12 rings (SSSR count). The molecule has 6 aromatic heterocycles. The zero-order valence-electron chi connectivity index (χ0n) is 43.4. The number of benzene rings is 3. The van der Waals surface area contributed by atoms with Crippen molar-refractivity contribution in [3.8, 4) is 0 Å². The maximum Gasteiger partial charge on any atom is 0.0921 e. The first-order valence-corrected chi connectivity index (χ1v) is 28.3. The minimum atomic E-state index is 0.0962. The average molecular weight is 1090 g/mol. The van der Waals surface area contributed by atoms with Crippen LogP contribution >= 0.6 is 34.8 Å². The molecule has 0 amide bonds. The fourth-order valence-electron chi connectivity index (χ4n) is 11.1. The van der Waals surface area contributed by atoms with Crippen LogP contribution in [-0.2, 0) is 57.8 Å². The standard InChI is InChI=1S/C22H25ClN4.C21H23ClN4.C19H19ClN4/c23-18-7-8-20-17(13-18)6-5-16-3-1-11-26-22(16)21(20)9-12-24-10-2-4-19-14-25-15-27-19;22-17-8-9-19-16(12-17)7-6-15-4-3-11-24-20(15)21(19)25-10-2-1-5-18-13-23-14-26-18;20-15-5-6-17-14(10-15)4-3-13-2-1-8-22-18(13)19(17)23-9-7-16-11-21-12-24-16/h1,3,7-8,11,13-15,21,24H,2,4-6,9-10,12H2,(H,25,27);3-4,8-9,11-14,21,25H,1-2,5-7,10H2,(H,23,26);1-2,5-6,8,10-12,19,23H,3-4,7,9H2,(H,21,24). The third-order valence-corrected chi connectivity index (χ3v) is 15.7. The Kier molecular flexibility index (Phi) is 19.0. The van der Waals surface area contributed by atoms with Gasteiger partial charge in [0.1, 0.15) is 0 Å². The summed E-state index contributed by atoms with van der Waals surface area (Å²) in [4.78, 5) is 35.8. The molecule has 0 fully saturated rings. The number of nitrogens with zero attached hydrogens (tertiary/aromatic N) is 6. The van der Waals surface area contributed by atoms with Gasteiger partial charge in [0.15, 0.2) is 0 Å². The molecule has 12 nitrogen and oxygen atoms in total. The molecule has 0 aliphatic heterocycles. The van der Waals surface area contributed by atoms with Crippen LogP contribution in [0.25, 0.3) is 0 Å². The summed E-state index contributed by atoms with van der Waals surface area (Å²) in [5, 5.41) is 13.4. The predicted octanol–water partition coefficient (Wildman–Crippen LogP) is 12.0. The van der Waals surface area contributed by atoms with Gasteiger partial charge in [-0.15, -0.1) is 0 Å². The Morgan fingerprint density at radius 1 is 0.429 bits per heavy atom. The first-order chi connectivity index (χ1) is 37.9. The first kappa shape index (κ1) is 53.9. The molecule has 0 spiro atoms. The van der Waals surface area contributed by atoms with Crippen LogP contribution in [0.1, 0.15) is 128 Å². The summed E-state index contributed by atoms with van der Waals surface area (Å²) in [6.45, 7) is 3.79. The molecular formula is C62H67Cl3N12. The van der Waals surface area contributed by atoms with Crippen molar-refractivity contribution < 1.29 is 0 Å². The van der Waals surface area contributed by atoms with Crippen molar-refractivity contribution in [1.82, 2.24) is 60.8 Å². The van der Waals surface area contributed by atoms with Gasteiger partial charge in [0.05, 0.1) is 48.1 Å². The van der Waals surface area contributed by atoms with Gasteiger partial charge in [0.25, 0.3) is 0 Å². The number of aromatic amines is 3. The number of hydrogen-bond donors (Lipinski definition) is 6. The summed E-state index contributed by atoms with van der Waals surface area (Å²) >= 11 is 18.7. The number of rotatable bonds is 17. The van der Waals surface area contributed by atoms with E-state index in [2.05, 4.69) is 105 Å². The Morgan fingerprint density at radius 3 is 1.39 bits per heavy atom. The Bertz CT molecular complexity index is 3250. The van der Waals surface area contributed by atoms with E-state index < -0.39 is 0 Å². The molecular weight excluding hydrogens is 1020 g/mol. The van der Waals surface area contributed by atoms with E-state index in [9.17, 15) is 0 Å². The van der Waals surface area contributed by atoms with Crippen molar-refractivity contribution in [2.45, 2.75) is 101 Å². The summed E-state index contributed by atoms with van der Waals surface area (Å²) < 4.78 is 0. The lowest BCUT2D eigenvalue weighted by Gasteiger charge is -2.21. The molecule has 0 saturated heterocycles. The number of imidazole rings is 3. The lowest BCUT2D eigenvalue weighted by Crippen LogP contribution is -2.26. The molecule has 396 valence electrons. The number of aromatic nitrogens is 9. The summed E-state index contributed by atoms with van der Waals surface area (Å²) in [7, 11) is 0. The lowest BCUT2D eigenvalue weighted by molar-refractivity contribution is 0.557. The summed E-state index contributed by atoms with van der Waals surface area (Å²) in [5.41, 5.74) is 19.0. The van der Waals surface area contributed by atoms with Gasteiger partial charge in [-0.05, 0) is 201 Å². The molecule has 3 unspecified atom stereocenters. The van der Waals surface area contributed by atoms with Gasteiger partial charge in [-0.25, -0.2) is 15.0 Å². The van der Waals surface area contributed by atoms with Crippen molar-refractivity contribution in [2.24, 2.45) is 0 Å². The summed E-state index contributed by atoms with van der Waals surface area (Å²) in [6.07, 6.45) is 30.0. The second-order valence-electron chi connectivity index (χ2n) is 20.1. The number of fused-ring (bicyclic) bond motifs is 6. The molecule has 9 aromatic rings. The fraction of sp³-hybridized carbons (Fsp3) is 0.323. The monoisotopic (exact) mass is 1080 g/mol. The van der Waals surface area contributed by atoms with E-state index in [1.54, 1.807) is 19.0 Å². The Labute approximate surface area is 467 Å². The van der Waals surface area contributed by atoms with Gasteiger partial charge in [-0.2, -0.15) is 0 Å². The van der Waals surface area contributed by atoms with Gasteiger partial charge in [-0.1, -0.05) is 71.2 Å². The number of H-pyrrole nitrogens is 3. The van der Waals surface area contributed by atoms with Crippen molar-refractivity contribution in [2.75, 3.05) is 26.2 Å². The third-order valence-electron chi connectivity index (χ3n) is 15.0. The van der Waals surface area contributed by atoms with E-state index in [1.807, 2.05) is 73.6 Å². The highest BCUT2D eigenvalue weighted by molar-refractivity contribution is 6.31.